The van der Waals surface area contributed by atoms with Crippen molar-refractivity contribution in [1.82, 2.24) is 0 Å². The van der Waals surface area contributed by atoms with Gasteiger partial charge in [-0.15, -0.1) is 0 Å². The van der Waals surface area contributed by atoms with Gasteiger partial charge in [-0.1, -0.05) is 59.7 Å². The van der Waals surface area contributed by atoms with E-state index >= 15 is 0 Å². The van der Waals surface area contributed by atoms with Gasteiger partial charge < -0.3 is 0 Å². The van der Waals surface area contributed by atoms with Gasteiger partial charge in [-0.05, 0) is 42.5 Å². The first-order valence-corrected chi connectivity index (χ1v) is 10.8. The molecule has 1 aliphatic rings. The van der Waals surface area contributed by atoms with Gasteiger partial charge in [-0.25, -0.2) is 0 Å². The Morgan fingerprint density at radius 2 is 1.55 bits per heavy atom. The molecular weight excluding hydrogens is 323 g/mol. The van der Waals surface area contributed by atoms with Gasteiger partial charge in [-0.2, -0.15) is 0 Å². The fraction of sp³-hybridized carbons (Fsp3) is 0.176. The van der Waals surface area contributed by atoms with Gasteiger partial charge in [0.25, 0.3) is 0 Å². The first kappa shape index (κ1) is 15.9. The Balaban J connectivity index is 0.000000452. The summed E-state index contributed by atoms with van der Waals surface area (Å²) in [7, 11) is 9.78. The Kier molecular flexibility index (Phi) is 5.92. The summed E-state index contributed by atoms with van der Waals surface area (Å²) < 4.78 is 0. The van der Waals surface area contributed by atoms with Crippen LogP contribution in [0.15, 0.2) is 42.5 Å². The van der Waals surface area contributed by atoms with Crippen molar-refractivity contribution >= 4 is 30.3 Å². The topological polar surface area (TPSA) is 0 Å². The monoisotopic (exact) mass is 338 g/mol. The van der Waals surface area contributed by atoms with Crippen LogP contribution in [-0.4, -0.2) is 0 Å². The second kappa shape index (κ2) is 7.47. The molecule has 0 saturated heterocycles. The summed E-state index contributed by atoms with van der Waals surface area (Å²) in [5.41, 5.74) is 8.33. The van der Waals surface area contributed by atoms with E-state index in [0.717, 1.165) is 6.42 Å². The van der Waals surface area contributed by atoms with Gasteiger partial charge in [0, 0.05) is 0 Å². The minimum absolute atomic E-state index is 0.556. The van der Waals surface area contributed by atoms with Crippen molar-refractivity contribution in [2.24, 2.45) is 0 Å². The van der Waals surface area contributed by atoms with Gasteiger partial charge >= 0.3 is 35.6 Å². The van der Waals surface area contributed by atoms with Crippen molar-refractivity contribution < 1.29 is 17.0 Å². The Morgan fingerprint density at radius 1 is 0.950 bits per heavy atom. The second-order valence-corrected chi connectivity index (χ2v) is 7.57. The van der Waals surface area contributed by atoms with Gasteiger partial charge in [0.2, 0.25) is 0 Å². The molecule has 0 unspecified atom stereocenters. The Labute approximate surface area is 137 Å². The third-order valence-electron chi connectivity index (χ3n) is 3.36. The summed E-state index contributed by atoms with van der Waals surface area (Å²) in [4.78, 5) is 0. The van der Waals surface area contributed by atoms with Crippen LogP contribution in [-0.2, 0) is 23.5 Å². The molecule has 0 heterocycles. The molecule has 0 aromatic heterocycles. The van der Waals surface area contributed by atoms with Crippen molar-refractivity contribution in [1.29, 1.82) is 0 Å². The van der Waals surface area contributed by atoms with Gasteiger partial charge in [0.1, 0.15) is 0 Å². The molecule has 0 bridgehead atoms. The number of aryl methyl sites for hydroxylation is 2. The van der Waals surface area contributed by atoms with E-state index in [1.54, 1.807) is 0 Å². The van der Waals surface area contributed by atoms with E-state index in [9.17, 15) is 0 Å². The van der Waals surface area contributed by atoms with E-state index in [-0.39, 0.29) is 0 Å². The predicted octanol–water partition coefficient (Wildman–Crippen LogP) is 5.78. The van der Waals surface area contributed by atoms with E-state index in [0.29, 0.717) is 0 Å². The molecule has 1 aliphatic carbocycles. The Morgan fingerprint density at radius 3 is 2.15 bits per heavy atom. The summed E-state index contributed by atoms with van der Waals surface area (Å²) in [6.45, 7) is 4.33. The van der Waals surface area contributed by atoms with Crippen LogP contribution >= 0.6 is 18.6 Å². The molecule has 0 N–H and O–H groups in total. The average molecular weight is 339 g/mol. The third kappa shape index (κ3) is 3.99. The first-order chi connectivity index (χ1) is 9.63. The van der Waals surface area contributed by atoms with E-state index < -0.39 is 17.0 Å². The summed E-state index contributed by atoms with van der Waals surface area (Å²) >= 11 is -0.556. The van der Waals surface area contributed by atoms with E-state index in [2.05, 4.69) is 62.4 Å². The quantitative estimate of drug-likeness (QED) is 0.578. The first-order valence-electron chi connectivity index (χ1n) is 6.47. The average Bonchev–Trinajstić information content (AvgIpc) is 2.82. The molecule has 0 fully saturated rings. The van der Waals surface area contributed by atoms with Crippen LogP contribution in [0.25, 0.3) is 11.6 Å². The summed E-state index contributed by atoms with van der Waals surface area (Å²) in [5.74, 6) is 0. The number of allylic oxidation sites excluding steroid dienone is 1. The van der Waals surface area contributed by atoms with Crippen LogP contribution < -0.4 is 0 Å². The second-order valence-electron chi connectivity index (χ2n) is 4.99. The number of rotatable bonds is 1. The molecule has 0 atom stereocenters. The molecule has 2 aromatic carbocycles. The van der Waals surface area contributed by atoms with Crippen LogP contribution in [0, 0.1) is 13.8 Å². The fourth-order valence-electron chi connectivity index (χ4n) is 2.63. The van der Waals surface area contributed by atoms with Crippen molar-refractivity contribution in [2.75, 3.05) is 0 Å². The fourth-order valence-corrected chi connectivity index (χ4v) is 2.63. The maximum atomic E-state index is 4.89. The molecular formula is C17H16Cl2Ti. The van der Waals surface area contributed by atoms with Crippen molar-refractivity contribution in [2.45, 2.75) is 20.3 Å². The van der Waals surface area contributed by atoms with Gasteiger partial charge in [0.05, 0.1) is 0 Å². The maximum absolute atomic E-state index is 4.89. The van der Waals surface area contributed by atoms with E-state index in [1.807, 2.05) is 0 Å². The normalized spacial score (nSPS) is 12.1. The van der Waals surface area contributed by atoms with Crippen molar-refractivity contribution in [3.05, 3.63) is 70.3 Å². The van der Waals surface area contributed by atoms with Crippen molar-refractivity contribution in [3.8, 4) is 0 Å². The Hall–Kier alpha value is -0.526. The molecule has 0 aliphatic heterocycles. The standard InChI is InChI=1S/C17H16.2ClH.Ti/c1-12-7-13(2)9-16(8-12)17-10-14-5-3-4-6-15(14)11-17;;;/h3-10H,11H2,1-2H3;2*1H;/q;;;+2/p-2. The van der Waals surface area contributed by atoms with Crippen LogP contribution in [0.5, 0.6) is 0 Å². The van der Waals surface area contributed by atoms with Crippen LogP contribution in [0.2, 0.25) is 0 Å². The van der Waals surface area contributed by atoms with Crippen LogP contribution in [0.1, 0.15) is 27.8 Å². The molecule has 3 heteroatoms. The number of fused-ring (bicyclic) bond motifs is 1. The molecule has 0 saturated carbocycles. The van der Waals surface area contributed by atoms with E-state index in [4.69, 9.17) is 18.6 Å². The van der Waals surface area contributed by atoms with E-state index in [1.165, 1.54) is 33.4 Å². The number of halogens is 2. The zero-order valence-corrected chi connectivity index (χ0v) is 14.7. The third-order valence-corrected chi connectivity index (χ3v) is 3.36. The minimum atomic E-state index is -0.556. The van der Waals surface area contributed by atoms with Gasteiger partial charge in [-0.3, -0.25) is 0 Å². The SMILES string of the molecule is Cc1cc(C)cc(C2=Cc3ccccc3C2)c1.[Cl][Ti][Cl]. The molecule has 0 amide bonds. The Bertz CT molecular complexity index is 612. The molecule has 102 valence electrons. The summed E-state index contributed by atoms with van der Waals surface area (Å²) in [6.07, 6.45) is 3.39. The molecule has 0 spiro atoms. The molecule has 0 radical (unpaired) electrons. The number of hydrogen-bond donors (Lipinski definition) is 0. The summed E-state index contributed by atoms with van der Waals surface area (Å²) in [6, 6.07) is 15.4. The molecule has 0 nitrogen and oxygen atoms in total. The van der Waals surface area contributed by atoms with Crippen LogP contribution in [0.4, 0.5) is 0 Å². The number of hydrogen-bond acceptors (Lipinski definition) is 0. The van der Waals surface area contributed by atoms with Crippen molar-refractivity contribution in [3.63, 3.8) is 0 Å². The zero-order valence-electron chi connectivity index (χ0n) is 11.6. The summed E-state index contributed by atoms with van der Waals surface area (Å²) in [5, 5.41) is 0. The predicted molar refractivity (Wildman–Crippen MR) is 85.6 cm³/mol. The molecule has 2 aromatic rings. The molecule has 20 heavy (non-hydrogen) atoms. The zero-order chi connectivity index (χ0) is 14.5. The number of benzene rings is 2. The van der Waals surface area contributed by atoms with Crippen LogP contribution in [0.3, 0.4) is 0 Å². The molecule has 3 rings (SSSR count). The van der Waals surface area contributed by atoms with Gasteiger partial charge in [0.15, 0.2) is 0 Å².